The van der Waals surface area contributed by atoms with E-state index in [4.69, 9.17) is 14.2 Å². The molecule has 3 aromatic carbocycles. The fraction of sp³-hybridized carbons (Fsp3) is 0.438. The maximum Gasteiger partial charge on any atom is 0.140 e. The molecule has 0 saturated heterocycles. The molecule has 2 aromatic heterocycles. The molecule has 0 radical (unpaired) electrons. The molecule has 0 spiro atoms. The van der Waals surface area contributed by atoms with Gasteiger partial charge in [-0.15, -0.1) is 23.1 Å². The normalized spacial score (nSPS) is 13.1. The minimum atomic E-state index is 0.820. The van der Waals surface area contributed by atoms with Crippen LogP contribution in [0.5, 0.6) is 17.2 Å². The first-order chi connectivity index (χ1) is 27.3. The lowest BCUT2D eigenvalue weighted by Crippen LogP contribution is -2.21. The number of rotatable bonds is 0. The Hall–Kier alpha value is -3.78. The van der Waals surface area contributed by atoms with Gasteiger partial charge in [-0.25, -0.2) is 0 Å². The minimum absolute atomic E-state index is 0.820. The topological polar surface area (TPSA) is 52.6 Å². The second kappa shape index (κ2) is 32.5. The molecular formula is C48H70N2O3S2. The van der Waals surface area contributed by atoms with Crippen molar-refractivity contribution in [1.82, 2.24) is 10.3 Å². The van der Waals surface area contributed by atoms with Crippen molar-refractivity contribution in [3.8, 4) is 17.2 Å². The van der Waals surface area contributed by atoms with Crippen molar-refractivity contribution < 1.29 is 14.2 Å². The third-order valence-corrected chi connectivity index (χ3v) is 10.1. The first-order valence-corrected chi connectivity index (χ1v) is 22.6. The number of aryl methyl sites for hydroxylation is 1. The number of pyridine rings is 1. The number of hydrogen-bond acceptors (Lipinski definition) is 7. The molecule has 0 aliphatic carbocycles. The number of nitrogens with zero attached hydrogens (tertiary/aromatic N) is 1. The summed E-state index contributed by atoms with van der Waals surface area (Å²) in [5, 5.41) is 5.52. The maximum atomic E-state index is 5.30. The van der Waals surface area contributed by atoms with Gasteiger partial charge in [-0.1, -0.05) is 124 Å². The average Bonchev–Trinajstić information content (AvgIpc) is 4.15. The van der Waals surface area contributed by atoms with E-state index in [9.17, 15) is 0 Å². The van der Waals surface area contributed by atoms with E-state index in [0.29, 0.717) is 0 Å². The van der Waals surface area contributed by atoms with Crippen molar-refractivity contribution in [2.24, 2.45) is 0 Å². The first kappa shape index (κ1) is 49.2. The molecule has 5 aliphatic rings. The summed E-state index contributed by atoms with van der Waals surface area (Å²) < 4.78 is 15.8. The van der Waals surface area contributed by atoms with Gasteiger partial charge < -0.3 is 19.5 Å². The quantitative estimate of drug-likeness (QED) is 0.169. The second-order valence-corrected chi connectivity index (χ2v) is 13.1. The van der Waals surface area contributed by atoms with Gasteiger partial charge in [0.15, 0.2) is 0 Å². The number of hydrogen-bond donors (Lipinski definition) is 1. The number of nitrogens with one attached hydrogen (secondary N) is 1. The zero-order chi connectivity index (χ0) is 40.5. The summed E-state index contributed by atoms with van der Waals surface area (Å²) in [5.74, 6) is 4.37. The molecule has 10 rings (SSSR count). The predicted molar refractivity (Wildman–Crippen MR) is 242 cm³/mol. The van der Waals surface area contributed by atoms with E-state index in [1.807, 2.05) is 135 Å². The Balaban J connectivity index is 0.000000325. The van der Waals surface area contributed by atoms with Crippen molar-refractivity contribution in [2.45, 2.75) is 113 Å². The maximum absolute atomic E-state index is 5.30. The average molecular weight is 787 g/mol. The highest BCUT2D eigenvalue weighted by molar-refractivity contribution is 7.99. The van der Waals surface area contributed by atoms with Gasteiger partial charge in [-0.2, -0.15) is 0 Å². The molecule has 5 nitrogen and oxygen atoms in total. The smallest absolute Gasteiger partial charge is 0.140 e. The summed E-state index contributed by atoms with van der Waals surface area (Å²) >= 11 is 3.83. The van der Waals surface area contributed by atoms with Crippen LogP contribution in [0.15, 0.2) is 108 Å². The molecule has 0 amide bonds. The number of aromatic nitrogens is 1. The van der Waals surface area contributed by atoms with Crippen LogP contribution in [0.25, 0.3) is 0 Å². The number of ether oxygens (including phenoxy) is 3. The van der Waals surface area contributed by atoms with Crippen LogP contribution in [-0.4, -0.2) is 37.1 Å². The molecule has 0 fully saturated rings. The van der Waals surface area contributed by atoms with Crippen LogP contribution in [0.1, 0.15) is 102 Å². The Morgan fingerprint density at radius 2 is 1.02 bits per heavy atom. The van der Waals surface area contributed by atoms with E-state index in [0.717, 1.165) is 69.4 Å². The summed E-state index contributed by atoms with van der Waals surface area (Å²) in [7, 11) is 0. The van der Waals surface area contributed by atoms with Crippen LogP contribution >= 0.6 is 23.1 Å². The summed E-state index contributed by atoms with van der Waals surface area (Å²) in [4.78, 5) is 6.94. The van der Waals surface area contributed by atoms with Gasteiger partial charge in [-0.3, -0.25) is 4.98 Å². The predicted octanol–water partition coefficient (Wildman–Crippen LogP) is 13.1. The third kappa shape index (κ3) is 17.7. The molecule has 7 heteroatoms. The van der Waals surface area contributed by atoms with Crippen molar-refractivity contribution in [2.75, 3.05) is 32.1 Å². The largest absolute Gasteiger partial charge is 0.493 e. The lowest BCUT2D eigenvalue weighted by Gasteiger charge is -2.10. The molecule has 7 heterocycles. The number of thioether (sulfide) groups is 1. The van der Waals surface area contributed by atoms with Crippen LogP contribution in [0.2, 0.25) is 0 Å². The molecule has 0 saturated carbocycles. The highest BCUT2D eigenvalue weighted by atomic mass is 32.2. The van der Waals surface area contributed by atoms with Crippen LogP contribution < -0.4 is 19.5 Å². The third-order valence-electron chi connectivity index (χ3n) is 8.00. The molecule has 5 aliphatic heterocycles. The van der Waals surface area contributed by atoms with Crippen molar-refractivity contribution >= 4 is 23.1 Å². The van der Waals surface area contributed by atoms with E-state index >= 15 is 0 Å². The molecule has 5 aromatic rings. The van der Waals surface area contributed by atoms with Gasteiger partial charge >= 0.3 is 0 Å². The van der Waals surface area contributed by atoms with Gasteiger partial charge in [0.05, 0.1) is 26.0 Å². The van der Waals surface area contributed by atoms with Crippen LogP contribution in [0, 0.1) is 0 Å². The molecular weight excluding hydrogens is 717 g/mol. The molecule has 0 atom stereocenters. The van der Waals surface area contributed by atoms with Crippen molar-refractivity contribution in [3.63, 3.8) is 0 Å². The standard InChI is InChI=1S/2C8H8O.C8H8S.C7H7NO.C7H9NS.5C2H6/c3*1-2-4-8-7(3-1)5-6-9-8;2*1-3-8-5-7-6(1)2-4-9-7;5*1-2/h3*1-4H,5-6H2;1,3,5H,2,4H2;2,4,8H,1,3,5H2;5*1-2H3. The number of thiophene rings is 1. The van der Waals surface area contributed by atoms with Gasteiger partial charge in [0, 0.05) is 53.1 Å². The summed E-state index contributed by atoms with van der Waals surface area (Å²) in [6.07, 6.45) is 9.25. The van der Waals surface area contributed by atoms with Gasteiger partial charge in [0.1, 0.15) is 17.2 Å². The monoisotopic (exact) mass is 786 g/mol. The Morgan fingerprint density at radius 3 is 1.55 bits per heavy atom. The van der Waals surface area contributed by atoms with Crippen molar-refractivity contribution in [1.29, 1.82) is 0 Å². The first-order valence-electron chi connectivity index (χ1n) is 20.8. The zero-order valence-electron chi connectivity index (χ0n) is 35.6. The molecule has 0 unspecified atom stereocenters. The van der Waals surface area contributed by atoms with Crippen molar-refractivity contribution in [3.05, 3.63) is 135 Å². The highest BCUT2D eigenvalue weighted by Crippen LogP contribution is 2.30. The summed E-state index contributed by atoms with van der Waals surface area (Å²) in [6.45, 7) is 24.8. The number of para-hydroxylation sites is 2. The zero-order valence-corrected chi connectivity index (χ0v) is 37.2. The van der Waals surface area contributed by atoms with E-state index in [2.05, 4.69) is 58.1 Å². The minimum Gasteiger partial charge on any atom is -0.493 e. The van der Waals surface area contributed by atoms with Crippen LogP contribution in [-0.2, 0) is 38.6 Å². The lowest BCUT2D eigenvalue weighted by atomic mass is 10.1. The summed E-state index contributed by atoms with van der Waals surface area (Å²) in [6, 6.07) is 29.2. The van der Waals surface area contributed by atoms with Gasteiger partial charge in [-0.05, 0) is 77.4 Å². The SMILES string of the molecule is CC.CC.CC.CC.CC.c1cc2c(cn1)OCC2.c1cc2c(s1)CNCC2.c1ccc2c(c1)CCO2.c1ccc2c(c1)CCO2.c1ccc2c(c1)CCS2. The van der Waals surface area contributed by atoms with Crippen LogP contribution in [0.4, 0.5) is 0 Å². The lowest BCUT2D eigenvalue weighted by molar-refractivity contribution is 0.355. The molecule has 55 heavy (non-hydrogen) atoms. The Labute approximate surface area is 343 Å². The van der Waals surface area contributed by atoms with E-state index < -0.39 is 0 Å². The van der Waals surface area contributed by atoms with E-state index in [-0.39, 0.29) is 0 Å². The highest BCUT2D eigenvalue weighted by Gasteiger charge is 2.11. The van der Waals surface area contributed by atoms with E-state index in [1.165, 1.54) is 50.6 Å². The summed E-state index contributed by atoms with van der Waals surface area (Å²) in [5.41, 5.74) is 7.06. The fourth-order valence-electron chi connectivity index (χ4n) is 5.55. The molecule has 0 bridgehead atoms. The second-order valence-electron chi connectivity index (χ2n) is 11.0. The van der Waals surface area contributed by atoms with Crippen LogP contribution in [0.3, 0.4) is 0 Å². The molecule has 1 N–H and O–H groups in total. The Bertz CT molecular complexity index is 1350. The Morgan fingerprint density at radius 1 is 0.509 bits per heavy atom. The fourth-order valence-corrected chi connectivity index (χ4v) is 7.53. The Kier molecular flexibility index (Phi) is 29.1. The molecule has 302 valence electrons. The number of fused-ring (bicyclic) bond motifs is 5. The van der Waals surface area contributed by atoms with Gasteiger partial charge in [0.2, 0.25) is 0 Å². The number of benzene rings is 3. The van der Waals surface area contributed by atoms with Gasteiger partial charge in [0.25, 0.3) is 0 Å². The van der Waals surface area contributed by atoms with E-state index in [1.54, 1.807) is 18.0 Å².